The van der Waals surface area contributed by atoms with E-state index in [9.17, 15) is 4.79 Å². The molecule has 1 N–H and O–H groups in total. The van der Waals surface area contributed by atoms with Crippen molar-refractivity contribution in [3.8, 4) is 0 Å². The molecule has 0 unspecified atom stereocenters. The van der Waals surface area contributed by atoms with Crippen LogP contribution in [0.1, 0.15) is 22.3 Å². The first-order chi connectivity index (χ1) is 10.8. The fourth-order valence-corrected chi connectivity index (χ4v) is 2.90. The number of ether oxygens (including phenoxy) is 1. The second kappa shape index (κ2) is 6.80. The van der Waals surface area contributed by atoms with Crippen molar-refractivity contribution in [2.24, 2.45) is 0 Å². The Hall–Kier alpha value is -2.06. The summed E-state index contributed by atoms with van der Waals surface area (Å²) in [6.45, 7) is 5.13. The summed E-state index contributed by atoms with van der Waals surface area (Å²) in [4.78, 5) is 19.3. The second-order valence-electron chi connectivity index (χ2n) is 4.86. The Morgan fingerprint density at radius 1 is 1.41 bits per heavy atom. The van der Waals surface area contributed by atoms with Gasteiger partial charge in [-0.3, -0.25) is 4.79 Å². The smallest absolute Gasteiger partial charge is 0.270 e. The van der Waals surface area contributed by atoms with Crippen LogP contribution in [0.25, 0.3) is 0 Å². The Kier molecular flexibility index (Phi) is 4.59. The SMILES string of the molecule is CCc1nnsc1C(=O)Nc1ccc(N2CCOCC2)cn1. The molecular formula is C14H17N5O2S. The molecule has 1 saturated heterocycles. The van der Waals surface area contributed by atoms with E-state index in [2.05, 4.69) is 24.8 Å². The summed E-state index contributed by atoms with van der Waals surface area (Å²) in [6.07, 6.45) is 2.45. The van der Waals surface area contributed by atoms with Crippen molar-refractivity contribution in [3.63, 3.8) is 0 Å². The molecule has 3 heterocycles. The molecule has 0 radical (unpaired) electrons. The number of aryl methyl sites for hydroxylation is 1. The van der Waals surface area contributed by atoms with Crippen LogP contribution >= 0.6 is 11.5 Å². The molecule has 2 aromatic rings. The summed E-state index contributed by atoms with van der Waals surface area (Å²) in [5, 5.41) is 6.73. The van der Waals surface area contributed by atoms with E-state index in [1.54, 1.807) is 6.20 Å². The van der Waals surface area contributed by atoms with Gasteiger partial charge < -0.3 is 15.0 Å². The maximum Gasteiger partial charge on any atom is 0.270 e. The van der Waals surface area contributed by atoms with E-state index in [1.807, 2.05) is 19.1 Å². The zero-order valence-electron chi connectivity index (χ0n) is 12.3. The van der Waals surface area contributed by atoms with Crippen LogP contribution in [-0.4, -0.2) is 46.8 Å². The van der Waals surface area contributed by atoms with Crippen LogP contribution in [-0.2, 0) is 11.2 Å². The van der Waals surface area contributed by atoms with Crippen molar-refractivity contribution in [2.75, 3.05) is 36.5 Å². The van der Waals surface area contributed by atoms with Crippen LogP contribution in [0.5, 0.6) is 0 Å². The number of rotatable bonds is 4. The van der Waals surface area contributed by atoms with E-state index < -0.39 is 0 Å². The minimum atomic E-state index is -0.210. The van der Waals surface area contributed by atoms with E-state index in [-0.39, 0.29) is 5.91 Å². The molecule has 1 aliphatic rings. The van der Waals surface area contributed by atoms with Crippen molar-refractivity contribution in [1.29, 1.82) is 0 Å². The summed E-state index contributed by atoms with van der Waals surface area (Å²) in [7, 11) is 0. The number of nitrogens with one attached hydrogen (secondary N) is 1. The van der Waals surface area contributed by atoms with Gasteiger partial charge in [-0.1, -0.05) is 11.4 Å². The van der Waals surface area contributed by atoms with Gasteiger partial charge in [-0.15, -0.1) is 5.10 Å². The first-order valence-corrected chi connectivity index (χ1v) is 7.96. The molecule has 0 bridgehead atoms. The van der Waals surface area contributed by atoms with E-state index in [4.69, 9.17) is 4.74 Å². The molecule has 0 atom stereocenters. The van der Waals surface area contributed by atoms with Gasteiger partial charge in [0.2, 0.25) is 0 Å². The van der Waals surface area contributed by atoms with Crippen molar-refractivity contribution in [3.05, 3.63) is 28.9 Å². The normalized spacial score (nSPS) is 14.9. The molecule has 0 aliphatic carbocycles. The quantitative estimate of drug-likeness (QED) is 0.922. The lowest BCUT2D eigenvalue weighted by Crippen LogP contribution is -2.36. The monoisotopic (exact) mass is 319 g/mol. The molecule has 7 nitrogen and oxygen atoms in total. The zero-order valence-corrected chi connectivity index (χ0v) is 13.1. The van der Waals surface area contributed by atoms with Gasteiger partial charge in [0.15, 0.2) is 0 Å². The van der Waals surface area contributed by atoms with Gasteiger partial charge in [-0.2, -0.15) is 0 Å². The maximum absolute atomic E-state index is 12.2. The minimum Gasteiger partial charge on any atom is -0.378 e. The standard InChI is InChI=1S/C14H17N5O2S/c1-2-11-13(22-18-17-11)14(20)16-12-4-3-10(9-15-12)19-5-7-21-8-6-19/h3-4,9H,2,5-8H2,1H3,(H,15,16,20). The summed E-state index contributed by atoms with van der Waals surface area (Å²) in [6, 6.07) is 3.77. The molecule has 3 rings (SSSR count). The third-order valence-corrected chi connectivity index (χ3v) is 4.23. The number of anilines is 2. The summed E-state index contributed by atoms with van der Waals surface area (Å²) in [5.41, 5.74) is 1.75. The topological polar surface area (TPSA) is 80.2 Å². The Labute approximate surface area is 132 Å². The minimum absolute atomic E-state index is 0.210. The number of morpholine rings is 1. The van der Waals surface area contributed by atoms with Gasteiger partial charge in [0.05, 0.1) is 30.8 Å². The van der Waals surface area contributed by atoms with Crippen LogP contribution in [0.4, 0.5) is 11.5 Å². The van der Waals surface area contributed by atoms with E-state index in [0.29, 0.717) is 22.8 Å². The number of nitrogens with zero attached hydrogens (tertiary/aromatic N) is 4. The molecule has 0 aromatic carbocycles. The van der Waals surface area contributed by atoms with Crippen molar-refractivity contribution >= 4 is 28.9 Å². The average Bonchev–Trinajstić information content (AvgIpc) is 3.05. The lowest BCUT2D eigenvalue weighted by atomic mass is 10.3. The van der Waals surface area contributed by atoms with Crippen LogP contribution < -0.4 is 10.2 Å². The molecule has 1 fully saturated rings. The molecule has 116 valence electrons. The van der Waals surface area contributed by atoms with Gasteiger partial charge >= 0.3 is 0 Å². The third kappa shape index (κ3) is 3.23. The Morgan fingerprint density at radius 3 is 2.91 bits per heavy atom. The van der Waals surface area contributed by atoms with Gasteiger partial charge in [-0.25, -0.2) is 4.98 Å². The van der Waals surface area contributed by atoms with E-state index >= 15 is 0 Å². The molecule has 2 aromatic heterocycles. The summed E-state index contributed by atoms with van der Waals surface area (Å²) >= 11 is 1.10. The van der Waals surface area contributed by atoms with Crippen molar-refractivity contribution in [2.45, 2.75) is 13.3 Å². The predicted octanol–water partition coefficient (Wildman–Crippen LogP) is 1.58. The highest BCUT2D eigenvalue weighted by Crippen LogP contribution is 2.18. The van der Waals surface area contributed by atoms with Crippen LogP contribution in [0, 0.1) is 0 Å². The lowest BCUT2D eigenvalue weighted by Gasteiger charge is -2.28. The first kappa shape index (κ1) is 14.9. The van der Waals surface area contributed by atoms with Gasteiger partial charge in [0.25, 0.3) is 5.91 Å². The number of pyridine rings is 1. The van der Waals surface area contributed by atoms with Gasteiger partial charge in [-0.05, 0) is 30.1 Å². The number of hydrogen-bond donors (Lipinski definition) is 1. The second-order valence-corrected chi connectivity index (χ2v) is 5.61. The third-order valence-electron chi connectivity index (χ3n) is 3.46. The molecule has 1 aliphatic heterocycles. The predicted molar refractivity (Wildman–Crippen MR) is 84.5 cm³/mol. The summed E-state index contributed by atoms with van der Waals surface area (Å²) < 4.78 is 9.15. The fraction of sp³-hybridized carbons (Fsp3) is 0.429. The number of aromatic nitrogens is 3. The number of carbonyl (C=O) groups excluding carboxylic acids is 1. The Balaban J connectivity index is 1.67. The highest BCUT2D eigenvalue weighted by molar-refractivity contribution is 7.08. The molecule has 1 amide bonds. The van der Waals surface area contributed by atoms with Crippen LogP contribution in [0.15, 0.2) is 18.3 Å². The largest absolute Gasteiger partial charge is 0.378 e. The van der Waals surface area contributed by atoms with Gasteiger partial charge in [0.1, 0.15) is 10.7 Å². The lowest BCUT2D eigenvalue weighted by molar-refractivity contribution is 0.102. The Bertz CT molecular complexity index is 637. The van der Waals surface area contributed by atoms with Crippen LogP contribution in [0.2, 0.25) is 0 Å². The van der Waals surface area contributed by atoms with Crippen LogP contribution in [0.3, 0.4) is 0 Å². The first-order valence-electron chi connectivity index (χ1n) is 7.19. The molecule has 8 heteroatoms. The molecular weight excluding hydrogens is 302 g/mol. The fourth-order valence-electron chi connectivity index (χ4n) is 2.25. The van der Waals surface area contributed by atoms with E-state index in [0.717, 1.165) is 43.5 Å². The zero-order chi connectivity index (χ0) is 15.4. The number of amides is 1. The maximum atomic E-state index is 12.2. The number of hydrogen-bond acceptors (Lipinski definition) is 7. The average molecular weight is 319 g/mol. The molecule has 0 saturated carbocycles. The van der Waals surface area contributed by atoms with Crippen molar-refractivity contribution < 1.29 is 9.53 Å². The number of carbonyl (C=O) groups is 1. The summed E-state index contributed by atoms with van der Waals surface area (Å²) in [5.74, 6) is 0.316. The highest BCUT2D eigenvalue weighted by Gasteiger charge is 2.16. The highest BCUT2D eigenvalue weighted by atomic mass is 32.1. The van der Waals surface area contributed by atoms with Gasteiger partial charge in [0, 0.05) is 13.1 Å². The Morgan fingerprint density at radius 2 is 2.23 bits per heavy atom. The molecule has 0 spiro atoms. The van der Waals surface area contributed by atoms with E-state index in [1.165, 1.54) is 0 Å². The molecule has 22 heavy (non-hydrogen) atoms. The van der Waals surface area contributed by atoms with Crippen molar-refractivity contribution in [1.82, 2.24) is 14.6 Å².